The number of primary amides is 1. The number of carbonyl (C=O) groups is 2. The van der Waals surface area contributed by atoms with Gasteiger partial charge in [0.1, 0.15) is 18.2 Å². The zero-order valence-electron chi connectivity index (χ0n) is 19.8. The van der Waals surface area contributed by atoms with Crippen LogP contribution in [0.2, 0.25) is 0 Å². The Morgan fingerprint density at radius 2 is 1.71 bits per heavy atom. The Labute approximate surface area is 207 Å². The van der Waals surface area contributed by atoms with Gasteiger partial charge in [0.25, 0.3) is 11.8 Å². The van der Waals surface area contributed by atoms with Crippen LogP contribution < -0.4 is 10.5 Å². The summed E-state index contributed by atoms with van der Waals surface area (Å²) >= 11 is 0. The van der Waals surface area contributed by atoms with Crippen LogP contribution in [-0.4, -0.2) is 81.7 Å². The number of carbonyl (C=O) groups excluding carboxylic acids is 2. The first-order chi connectivity index (χ1) is 16.8. The minimum atomic E-state index is -1.07. The van der Waals surface area contributed by atoms with E-state index in [1.165, 1.54) is 12.1 Å². The van der Waals surface area contributed by atoms with Crippen LogP contribution in [0.5, 0.6) is 5.75 Å². The molecular weight excluding hydrogens is 471 g/mol. The number of piperidine rings is 1. The van der Waals surface area contributed by atoms with Gasteiger partial charge in [-0.15, -0.1) is 0 Å². The fraction of sp³-hybridized carbons (Fsp3) is 0.440. The summed E-state index contributed by atoms with van der Waals surface area (Å²) in [4.78, 5) is 28.5. The minimum Gasteiger partial charge on any atom is -0.488 e. The Balaban J connectivity index is 1.36. The number of para-hydroxylation sites is 1. The zero-order valence-corrected chi connectivity index (χ0v) is 20.6. The number of halogens is 1. The Kier molecular flexibility index (Phi) is 8.15. The Bertz CT molecular complexity index is 1100. The molecule has 2 saturated heterocycles. The van der Waals surface area contributed by atoms with E-state index in [0.29, 0.717) is 37.5 Å². The molecule has 1 atom stereocenters. The smallest absolute Gasteiger partial charge is 0.256 e. The SMILES string of the molecule is CN1CCC(S(=O)N2CCN(C(=O)c3cc(COc4ccccc4C(N)=O)ccc3F)CC2)CC1. The predicted molar refractivity (Wildman–Crippen MR) is 132 cm³/mol. The topological polar surface area (TPSA) is 96.2 Å². The van der Waals surface area contributed by atoms with Crippen LogP contribution in [0.4, 0.5) is 4.39 Å². The molecule has 2 aliphatic rings. The van der Waals surface area contributed by atoms with Crippen LogP contribution in [-0.2, 0) is 17.6 Å². The number of ether oxygens (including phenoxy) is 1. The van der Waals surface area contributed by atoms with Gasteiger partial charge >= 0.3 is 0 Å². The molecule has 188 valence electrons. The second-order valence-corrected chi connectivity index (χ2v) is 10.7. The first-order valence-electron chi connectivity index (χ1n) is 11.8. The molecule has 0 saturated carbocycles. The molecule has 2 fully saturated rings. The van der Waals surface area contributed by atoms with E-state index in [-0.39, 0.29) is 23.0 Å². The third kappa shape index (κ3) is 6.06. The van der Waals surface area contributed by atoms with Crippen LogP contribution in [0, 0.1) is 5.82 Å². The normalized spacial score (nSPS) is 18.9. The first-order valence-corrected chi connectivity index (χ1v) is 12.9. The number of hydrogen-bond donors (Lipinski definition) is 1. The van der Waals surface area contributed by atoms with Crippen molar-refractivity contribution >= 4 is 22.8 Å². The third-order valence-electron chi connectivity index (χ3n) is 6.54. The van der Waals surface area contributed by atoms with E-state index in [1.807, 2.05) is 4.31 Å². The molecule has 2 N–H and O–H groups in total. The monoisotopic (exact) mass is 502 g/mol. The van der Waals surface area contributed by atoms with Crippen molar-refractivity contribution < 1.29 is 22.9 Å². The fourth-order valence-corrected chi connectivity index (χ4v) is 5.98. The maximum Gasteiger partial charge on any atom is 0.256 e. The molecule has 2 amide bonds. The molecule has 8 nitrogen and oxygen atoms in total. The van der Waals surface area contributed by atoms with Gasteiger partial charge in [0, 0.05) is 26.2 Å². The van der Waals surface area contributed by atoms with E-state index in [1.54, 1.807) is 35.2 Å². The summed E-state index contributed by atoms with van der Waals surface area (Å²) < 4.78 is 35.2. The fourth-order valence-electron chi connectivity index (χ4n) is 4.42. The van der Waals surface area contributed by atoms with Gasteiger partial charge in [0.15, 0.2) is 0 Å². The summed E-state index contributed by atoms with van der Waals surface area (Å²) in [5.41, 5.74) is 6.20. The summed E-state index contributed by atoms with van der Waals surface area (Å²) in [6.45, 7) is 3.73. The Morgan fingerprint density at radius 1 is 1.03 bits per heavy atom. The molecule has 2 aromatic rings. The van der Waals surface area contributed by atoms with Crippen molar-refractivity contribution in [3.63, 3.8) is 0 Å². The van der Waals surface area contributed by atoms with E-state index >= 15 is 0 Å². The van der Waals surface area contributed by atoms with Crippen molar-refractivity contribution in [1.82, 2.24) is 14.1 Å². The minimum absolute atomic E-state index is 0.0285. The Hall–Kier alpha value is -2.82. The van der Waals surface area contributed by atoms with Crippen LogP contribution in [0.1, 0.15) is 39.1 Å². The van der Waals surface area contributed by atoms with Crippen molar-refractivity contribution in [2.45, 2.75) is 24.7 Å². The number of amides is 2. The van der Waals surface area contributed by atoms with Gasteiger partial charge in [-0.05, 0) is 62.8 Å². The third-order valence-corrected chi connectivity index (χ3v) is 8.45. The summed E-state index contributed by atoms with van der Waals surface area (Å²) in [5.74, 6) is -1.28. The van der Waals surface area contributed by atoms with Crippen molar-refractivity contribution in [3.05, 3.63) is 65.0 Å². The second-order valence-electron chi connectivity index (χ2n) is 8.96. The van der Waals surface area contributed by atoms with Crippen LogP contribution in [0.25, 0.3) is 0 Å². The van der Waals surface area contributed by atoms with Gasteiger partial charge in [0.05, 0.1) is 27.4 Å². The molecule has 1 unspecified atom stereocenters. The van der Waals surface area contributed by atoms with Crippen LogP contribution in [0.15, 0.2) is 42.5 Å². The molecule has 0 radical (unpaired) electrons. The zero-order chi connectivity index (χ0) is 24.9. The molecule has 10 heteroatoms. The lowest BCUT2D eigenvalue weighted by atomic mass is 10.1. The highest BCUT2D eigenvalue weighted by molar-refractivity contribution is 7.83. The molecule has 2 heterocycles. The standard InChI is InChI=1S/C25H31FN4O4S/c1-28-10-8-19(9-11-28)35(33)30-14-12-29(13-15-30)25(32)21-16-18(6-7-22(21)26)17-34-23-5-3-2-4-20(23)24(27)31/h2-7,16,19H,8-15,17H2,1H3,(H2,27,31). The van der Waals surface area contributed by atoms with E-state index in [4.69, 9.17) is 10.5 Å². The summed E-state index contributed by atoms with van der Waals surface area (Å²) in [5, 5.41) is 0.155. The molecule has 0 aromatic heterocycles. The number of likely N-dealkylation sites (tertiary alicyclic amines) is 1. The molecule has 2 aromatic carbocycles. The van der Waals surface area contributed by atoms with Gasteiger partial charge in [-0.25, -0.2) is 12.9 Å². The molecule has 2 aliphatic heterocycles. The second kappa shape index (κ2) is 11.3. The lowest BCUT2D eigenvalue weighted by Gasteiger charge is -2.37. The summed E-state index contributed by atoms with van der Waals surface area (Å²) in [6.07, 6.45) is 1.82. The average Bonchev–Trinajstić information content (AvgIpc) is 2.88. The molecule has 0 aliphatic carbocycles. The maximum absolute atomic E-state index is 14.6. The average molecular weight is 503 g/mol. The number of nitrogens with two attached hydrogens (primary N) is 1. The molecule has 4 rings (SSSR count). The van der Waals surface area contributed by atoms with E-state index in [9.17, 15) is 18.2 Å². The molecular formula is C25H31FN4O4S. The highest BCUT2D eigenvalue weighted by Crippen LogP contribution is 2.22. The van der Waals surface area contributed by atoms with Crippen molar-refractivity contribution in [1.29, 1.82) is 0 Å². The van der Waals surface area contributed by atoms with Gasteiger partial charge in [-0.3, -0.25) is 9.59 Å². The number of benzene rings is 2. The number of rotatable bonds is 7. The quantitative estimate of drug-likeness (QED) is 0.625. The first kappa shape index (κ1) is 25.3. The summed E-state index contributed by atoms with van der Waals surface area (Å²) in [6, 6.07) is 10.9. The van der Waals surface area contributed by atoms with Crippen molar-refractivity contribution in [2.75, 3.05) is 46.3 Å². The molecule has 35 heavy (non-hydrogen) atoms. The van der Waals surface area contributed by atoms with E-state index in [2.05, 4.69) is 11.9 Å². The largest absolute Gasteiger partial charge is 0.488 e. The highest BCUT2D eigenvalue weighted by Gasteiger charge is 2.31. The predicted octanol–water partition coefficient (Wildman–Crippen LogP) is 2.02. The summed E-state index contributed by atoms with van der Waals surface area (Å²) in [7, 11) is 1.00. The number of piperazine rings is 1. The van der Waals surface area contributed by atoms with Crippen LogP contribution >= 0.6 is 0 Å². The maximum atomic E-state index is 14.6. The lowest BCUT2D eigenvalue weighted by molar-refractivity contribution is 0.0695. The van der Waals surface area contributed by atoms with Crippen molar-refractivity contribution in [2.24, 2.45) is 5.73 Å². The number of nitrogens with zero attached hydrogens (tertiary/aromatic N) is 3. The lowest BCUT2D eigenvalue weighted by Crippen LogP contribution is -2.51. The van der Waals surface area contributed by atoms with Crippen molar-refractivity contribution in [3.8, 4) is 5.75 Å². The molecule has 0 bridgehead atoms. The molecule has 0 spiro atoms. The Morgan fingerprint density at radius 3 is 2.40 bits per heavy atom. The van der Waals surface area contributed by atoms with Gasteiger partial charge < -0.3 is 20.3 Å². The highest BCUT2D eigenvalue weighted by atomic mass is 32.2. The van der Waals surface area contributed by atoms with Gasteiger partial charge in [-0.1, -0.05) is 18.2 Å². The van der Waals surface area contributed by atoms with Gasteiger partial charge in [0.2, 0.25) is 0 Å². The van der Waals surface area contributed by atoms with Crippen LogP contribution in [0.3, 0.4) is 0 Å². The van der Waals surface area contributed by atoms with Gasteiger partial charge in [-0.2, -0.15) is 0 Å². The number of hydrogen-bond acceptors (Lipinski definition) is 5. The van der Waals surface area contributed by atoms with E-state index < -0.39 is 28.6 Å². The van der Waals surface area contributed by atoms with E-state index in [0.717, 1.165) is 25.9 Å².